The molecule has 23 heavy (non-hydrogen) atoms. The molecule has 1 aromatic rings. The van der Waals surface area contributed by atoms with E-state index in [0.717, 1.165) is 43.5 Å². The lowest BCUT2D eigenvalue weighted by molar-refractivity contribution is -0.119. The van der Waals surface area contributed by atoms with E-state index in [2.05, 4.69) is 20.4 Å². The van der Waals surface area contributed by atoms with Gasteiger partial charge in [-0.05, 0) is 32.6 Å². The highest BCUT2D eigenvalue weighted by molar-refractivity contribution is 6.17. The maximum Gasteiger partial charge on any atom is 0.257 e. The third-order valence-corrected chi connectivity index (χ3v) is 4.13. The summed E-state index contributed by atoms with van der Waals surface area (Å²) >= 11 is 0. The SMILES string of the molecule is CCCCC(=O)Nc1cc(C)nn1C1=NC(=O)C2CCCC2=N1. The number of amides is 2. The second kappa shape index (κ2) is 6.44. The van der Waals surface area contributed by atoms with Crippen LogP contribution in [0, 0.1) is 12.8 Å². The zero-order chi connectivity index (χ0) is 16.4. The number of aliphatic imine (C=N–C) groups is 2. The summed E-state index contributed by atoms with van der Waals surface area (Å²) in [6.45, 7) is 3.87. The fraction of sp³-hybridized carbons (Fsp3) is 0.562. The van der Waals surface area contributed by atoms with Crippen LogP contribution in [0.25, 0.3) is 0 Å². The first-order valence-electron chi connectivity index (χ1n) is 8.15. The summed E-state index contributed by atoms with van der Waals surface area (Å²) in [7, 11) is 0. The topological polar surface area (TPSA) is 88.7 Å². The monoisotopic (exact) mass is 315 g/mol. The Labute approximate surface area is 134 Å². The lowest BCUT2D eigenvalue weighted by Crippen LogP contribution is -2.29. The Balaban J connectivity index is 1.86. The van der Waals surface area contributed by atoms with E-state index in [1.165, 1.54) is 4.68 Å². The second-order valence-corrected chi connectivity index (χ2v) is 6.03. The van der Waals surface area contributed by atoms with E-state index < -0.39 is 0 Å². The lowest BCUT2D eigenvalue weighted by Gasteiger charge is -2.15. The number of unbranched alkanes of at least 4 members (excludes halogenated alkanes) is 1. The normalized spacial score (nSPS) is 20.1. The number of carbonyl (C=O) groups is 2. The first-order chi connectivity index (χ1) is 11.1. The van der Waals surface area contributed by atoms with Crippen LogP contribution < -0.4 is 5.32 Å². The summed E-state index contributed by atoms with van der Waals surface area (Å²) < 4.78 is 1.46. The van der Waals surface area contributed by atoms with Crippen LogP contribution in [-0.2, 0) is 9.59 Å². The third kappa shape index (κ3) is 3.23. The van der Waals surface area contributed by atoms with E-state index in [1.54, 1.807) is 6.07 Å². The van der Waals surface area contributed by atoms with Crippen LogP contribution in [0.5, 0.6) is 0 Å². The van der Waals surface area contributed by atoms with Crippen LogP contribution in [0.1, 0.15) is 51.1 Å². The molecule has 7 heteroatoms. The van der Waals surface area contributed by atoms with Crippen molar-refractivity contribution in [3.63, 3.8) is 0 Å². The molecule has 2 aliphatic rings. The molecule has 0 bridgehead atoms. The Hall–Kier alpha value is -2.31. The number of aromatic nitrogens is 2. The fourth-order valence-electron chi connectivity index (χ4n) is 2.94. The van der Waals surface area contributed by atoms with Crippen molar-refractivity contribution in [2.24, 2.45) is 15.9 Å². The van der Waals surface area contributed by atoms with Crippen LogP contribution in [0.15, 0.2) is 16.1 Å². The number of rotatable bonds is 4. The smallest absolute Gasteiger partial charge is 0.257 e. The highest BCUT2D eigenvalue weighted by Crippen LogP contribution is 2.27. The molecular formula is C16H21N5O2. The van der Waals surface area contributed by atoms with Crippen molar-refractivity contribution in [1.29, 1.82) is 0 Å². The first kappa shape index (κ1) is 15.6. The zero-order valence-electron chi connectivity index (χ0n) is 13.5. The van der Waals surface area contributed by atoms with Gasteiger partial charge in [-0.3, -0.25) is 9.59 Å². The molecule has 1 fully saturated rings. The minimum atomic E-state index is -0.155. The molecular weight excluding hydrogens is 294 g/mol. The molecule has 1 aliphatic heterocycles. The van der Waals surface area contributed by atoms with E-state index in [9.17, 15) is 9.59 Å². The van der Waals surface area contributed by atoms with Gasteiger partial charge in [0.1, 0.15) is 5.82 Å². The molecule has 0 radical (unpaired) electrons. The molecule has 1 saturated carbocycles. The highest BCUT2D eigenvalue weighted by Gasteiger charge is 2.33. The molecule has 3 rings (SSSR count). The quantitative estimate of drug-likeness (QED) is 0.924. The number of nitrogens with one attached hydrogen (secondary N) is 1. The number of hydrogen-bond donors (Lipinski definition) is 1. The van der Waals surface area contributed by atoms with Gasteiger partial charge in [-0.1, -0.05) is 13.3 Å². The molecule has 1 atom stereocenters. The molecule has 1 aromatic heterocycles. The first-order valence-corrected chi connectivity index (χ1v) is 8.15. The van der Waals surface area contributed by atoms with Crippen LogP contribution in [0.2, 0.25) is 0 Å². The van der Waals surface area contributed by atoms with Crippen molar-refractivity contribution in [1.82, 2.24) is 9.78 Å². The Morgan fingerprint density at radius 1 is 1.43 bits per heavy atom. The van der Waals surface area contributed by atoms with Gasteiger partial charge in [0.2, 0.25) is 5.91 Å². The molecule has 7 nitrogen and oxygen atoms in total. The summed E-state index contributed by atoms with van der Waals surface area (Å²) in [4.78, 5) is 32.7. The van der Waals surface area contributed by atoms with Crippen LogP contribution in [0.4, 0.5) is 5.82 Å². The Kier molecular flexibility index (Phi) is 4.36. The van der Waals surface area contributed by atoms with Crippen LogP contribution in [-0.4, -0.2) is 33.3 Å². The average molecular weight is 315 g/mol. The number of aryl methyl sites for hydroxylation is 1. The van der Waals surface area contributed by atoms with Gasteiger partial charge in [-0.15, -0.1) is 0 Å². The summed E-state index contributed by atoms with van der Waals surface area (Å²) in [5, 5.41) is 7.17. The maximum atomic E-state index is 12.1. The summed E-state index contributed by atoms with van der Waals surface area (Å²) in [5.41, 5.74) is 1.62. The van der Waals surface area contributed by atoms with E-state index in [4.69, 9.17) is 0 Å². The van der Waals surface area contributed by atoms with Gasteiger partial charge in [-0.25, -0.2) is 4.99 Å². The standard InChI is InChI=1S/C16H21N5O2/c1-3-4-8-14(22)18-13-9-10(2)20-21(13)16-17-12-7-5-6-11(12)15(23)19-16/h9,11H,3-8H2,1-2H3,(H,18,22). The van der Waals surface area contributed by atoms with E-state index in [-0.39, 0.29) is 23.7 Å². The zero-order valence-corrected chi connectivity index (χ0v) is 13.5. The van der Waals surface area contributed by atoms with Gasteiger partial charge in [-0.2, -0.15) is 14.8 Å². The number of carbonyl (C=O) groups excluding carboxylic acids is 2. The fourth-order valence-corrected chi connectivity index (χ4v) is 2.94. The maximum absolute atomic E-state index is 12.1. The second-order valence-electron chi connectivity index (χ2n) is 6.03. The molecule has 2 amide bonds. The predicted molar refractivity (Wildman–Crippen MR) is 87.7 cm³/mol. The molecule has 2 heterocycles. The highest BCUT2D eigenvalue weighted by atomic mass is 16.2. The van der Waals surface area contributed by atoms with Gasteiger partial charge in [0, 0.05) is 18.2 Å². The molecule has 0 aromatic carbocycles. The Morgan fingerprint density at radius 2 is 2.26 bits per heavy atom. The van der Waals surface area contributed by atoms with Gasteiger partial charge in [0.05, 0.1) is 11.6 Å². The van der Waals surface area contributed by atoms with E-state index in [0.29, 0.717) is 12.2 Å². The van der Waals surface area contributed by atoms with Crippen molar-refractivity contribution >= 4 is 29.3 Å². The molecule has 0 spiro atoms. The van der Waals surface area contributed by atoms with Crippen molar-refractivity contribution in [2.75, 3.05) is 5.32 Å². The van der Waals surface area contributed by atoms with Crippen LogP contribution in [0.3, 0.4) is 0 Å². The average Bonchev–Trinajstić information content (AvgIpc) is 3.11. The van der Waals surface area contributed by atoms with Gasteiger partial charge < -0.3 is 5.32 Å². The predicted octanol–water partition coefficient (Wildman–Crippen LogP) is 2.31. The molecule has 122 valence electrons. The van der Waals surface area contributed by atoms with Gasteiger partial charge in [0.25, 0.3) is 11.9 Å². The van der Waals surface area contributed by atoms with Crippen molar-refractivity contribution in [3.8, 4) is 0 Å². The lowest BCUT2D eigenvalue weighted by atomic mass is 10.1. The van der Waals surface area contributed by atoms with Crippen LogP contribution >= 0.6 is 0 Å². The van der Waals surface area contributed by atoms with Crippen molar-refractivity contribution in [2.45, 2.75) is 52.4 Å². The van der Waals surface area contributed by atoms with E-state index >= 15 is 0 Å². The number of fused-ring (bicyclic) bond motifs is 1. The minimum Gasteiger partial charge on any atom is -0.310 e. The summed E-state index contributed by atoms with van der Waals surface area (Å²) in [5.74, 6) is 0.386. The number of nitrogens with zero attached hydrogens (tertiary/aromatic N) is 4. The number of anilines is 1. The van der Waals surface area contributed by atoms with Gasteiger partial charge >= 0.3 is 0 Å². The Bertz CT molecular complexity index is 701. The molecule has 1 N–H and O–H groups in total. The van der Waals surface area contributed by atoms with Gasteiger partial charge in [0.15, 0.2) is 0 Å². The van der Waals surface area contributed by atoms with E-state index in [1.807, 2.05) is 13.8 Å². The molecule has 1 aliphatic carbocycles. The molecule has 1 unspecified atom stereocenters. The third-order valence-electron chi connectivity index (χ3n) is 4.13. The summed E-state index contributed by atoms with van der Waals surface area (Å²) in [6.07, 6.45) is 4.88. The van der Waals surface area contributed by atoms with Crippen molar-refractivity contribution < 1.29 is 9.59 Å². The Morgan fingerprint density at radius 3 is 3.04 bits per heavy atom. The van der Waals surface area contributed by atoms with Crippen molar-refractivity contribution in [3.05, 3.63) is 11.8 Å². The number of hydrogen-bond acceptors (Lipinski definition) is 4. The molecule has 0 saturated heterocycles. The largest absolute Gasteiger partial charge is 0.310 e. The summed E-state index contributed by atoms with van der Waals surface area (Å²) in [6, 6.07) is 1.76. The minimum absolute atomic E-state index is 0.0675.